The Labute approximate surface area is 128 Å². The first kappa shape index (κ1) is 15.9. The highest BCUT2D eigenvalue weighted by Gasteiger charge is 2.18. The second kappa shape index (κ2) is 6.13. The van der Waals surface area contributed by atoms with Gasteiger partial charge in [0, 0.05) is 19.2 Å². The third-order valence-corrected chi connectivity index (χ3v) is 3.07. The number of benzene rings is 1. The number of carbonyl (C=O) groups excluding carboxylic acids is 1. The number of ether oxygens (including phenoxy) is 1. The fraction of sp³-hybridized carbons (Fsp3) is 0.154. The van der Waals surface area contributed by atoms with Gasteiger partial charge in [-0.25, -0.2) is 4.79 Å². The number of rotatable bonds is 5. The van der Waals surface area contributed by atoms with E-state index in [2.05, 4.69) is 0 Å². The van der Waals surface area contributed by atoms with Gasteiger partial charge in [0.1, 0.15) is 17.1 Å². The first-order chi connectivity index (χ1) is 10.8. The fourth-order valence-electron chi connectivity index (χ4n) is 1.79. The molecule has 0 bridgehead atoms. The highest BCUT2D eigenvalue weighted by atomic mass is 16.6. The molecule has 3 N–H and O–H groups in total. The van der Waals surface area contributed by atoms with Gasteiger partial charge in [0.05, 0.1) is 4.92 Å². The van der Waals surface area contributed by atoms with Crippen LogP contribution in [-0.4, -0.2) is 26.9 Å². The molecule has 120 valence electrons. The number of Topliss-reactive ketones (excluding diaryl/α,β-unsaturated/α-hetero) is 1. The summed E-state index contributed by atoms with van der Waals surface area (Å²) in [5, 5.41) is 10.5. The molecular formula is C13H12N4O6. The van der Waals surface area contributed by atoms with Crippen molar-refractivity contribution in [3.8, 4) is 5.75 Å². The van der Waals surface area contributed by atoms with Gasteiger partial charge in [-0.15, -0.1) is 0 Å². The number of H-pyrrole nitrogens is 1. The molecule has 0 saturated heterocycles. The smallest absolute Gasteiger partial charge is 0.329 e. The predicted octanol–water partition coefficient (Wildman–Crippen LogP) is -0.174. The lowest BCUT2D eigenvalue weighted by Crippen LogP contribution is -2.36. The quantitative estimate of drug-likeness (QED) is 0.441. The average molecular weight is 320 g/mol. The van der Waals surface area contributed by atoms with Crippen molar-refractivity contribution in [1.82, 2.24) is 9.55 Å². The van der Waals surface area contributed by atoms with Crippen LogP contribution in [0.3, 0.4) is 0 Å². The summed E-state index contributed by atoms with van der Waals surface area (Å²) in [4.78, 5) is 47.0. The van der Waals surface area contributed by atoms with Gasteiger partial charge in [-0.2, -0.15) is 0 Å². The van der Waals surface area contributed by atoms with Crippen LogP contribution in [0.15, 0.2) is 33.9 Å². The number of carbonyl (C=O) groups is 1. The second-order valence-corrected chi connectivity index (χ2v) is 4.54. The summed E-state index contributed by atoms with van der Waals surface area (Å²) in [6.45, 7) is -0.511. The molecule has 10 nitrogen and oxygen atoms in total. The Morgan fingerprint density at radius 3 is 2.52 bits per heavy atom. The lowest BCUT2D eigenvalue weighted by Gasteiger charge is -2.08. The van der Waals surface area contributed by atoms with E-state index in [0.717, 1.165) is 4.57 Å². The minimum Gasteiger partial charge on any atom is -0.485 e. The summed E-state index contributed by atoms with van der Waals surface area (Å²) in [5.74, 6) is -0.780. The van der Waals surface area contributed by atoms with Crippen molar-refractivity contribution in [1.29, 1.82) is 0 Å². The lowest BCUT2D eigenvalue weighted by molar-refractivity contribution is -0.384. The zero-order valence-electron chi connectivity index (χ0n) is 11.9. The number of nitrogen functional groups attached to an aromatic ring is 1. The van der Waals surface area contributed by atoms with Crippen molar-refractivity contribution in [2.24, 2.45) is 7.05 Å². The van der Waals surface area contributed by atoms with Gasteiger partial charge >= 0.3 is 5.69 Å². The van der Waals surface area contributed by atoms with Crippen molar-refractivity contribution in [3.63, 3.8) is 0 Å². The topological polar surface area (TPSA) is 150 Å². The largest absolute Gasteiger partial charge is 0.485 e. The van der Waals surface area contributed by atoms with Crippen molar-refractivity contribution in [3.05, 3.63) is 60.8 Å². The number of hydrogen-bond acceptors (Lipinski definition) is 7. The molecule has 1 aromatic heterocycles. The van der Waals surface area contributed by atoms with Gasteiger partial charge in [-0.1, -0.05) is 0 Å². The number of non-ortho nitro benzene ring substituents is 1. The Bertz CT molecular complexity index is 881. The van der Waals surface area contributed by atoms with Crippen LogP contribution in [0.1, 0.15) is 10.4 Å². The molecule has 10 heteroatoms. The fourth-order valence-corrected chi connectivity index (χ4v) is 1.79. The predicted molar refractivity (Wildman–Crippen MR) is 79.6 cm³/mol. The van der Waals surface area contributed by atoms with E-state index in [1.165, 1.54) is 31.3 Å². The number of nitro benzene ring substituents is 1. The van der Waals surface area contributed by atoms with Crippen molar-refractivity contribution < 1.29 is 14.5 Å². The first-order valence-corrected chi connectivity index (χ1v) is 6.30. The minimum absolute atomic E-state index is 0.123. The molecule has 0 radical (unpaired) electrons. The number of aromatic amines is 1. The third kappa shape index (κ3) is 3.26. The summed E-state index contributed by atoms with van der Waals surface area (Å²) in [5.41, 5.74) is 3.46. The second-order valence-electron chi connectivity index (χ2n) is 4.54. The lowest BCUT2D eigenvalue weighted by atomic mass is 10.2. The van der Waals surface area contributed by atoms with E-state index in [9.17, 15) is 24.5 Å². The molecular weight excluding hydrogens is 308 g/mol. The Morgan fingerprint density at radius 2 is 1.96 bits per heavy atom. The number of nitrogens with two attached hydrogens (primary N) is 1. The molecule has 0 unspecified atom stereocenters. The summed E-state index contributed by atoms with van der Waals surface area (Å²) in [6, 6.07) is 5.07. The number of ketones is 1. The van der Waals surface area contributed by atoms with Gasteiger partial charge in [0.15, 0.2) is 6.61 Å². The summed E-state index contributed by atoms with van der Waals surface area (Å²) >= 11 is 0. The zero-order valence-corrected chi connectivity index (χ0v) is 11.9. The number of anilines is 1. The van der Waals surface area contributed by atoms with E-state index >= 15 is 0 Å². The zero-order chi connectivity index (χ0) is 17.1. The van der Waals surface area contributed by atoms with Crippen LogP contribution in [-0.2, 0) is 7.05 Å². The third-order valence-electron chi connectivity index (χ3n) is 3.07. The summed E-state index contributed by atoms with van der Waals surface area (Å²) in [7, 11) is 1.31. The van der Waals surface area contributed by atoms with Crippen LogP contribution < -0.4 is 21.7 Å². The van der Waals surface area contributed by atoms with Crippen LogP contribution in [0.4, 0.5) is 11.5 Å². The number of nitrogens with zero attached hydrogens (tertiary/aromatic N) is 2. The first-order valence-electron chi connectivity index (χ1n) is 6.30. The molecule has 2 rings (SSSR count). The molecule has 0 saturated carbocycles. The normalized spacial score (nSPS) is 10.3. The Kier molecular flexibility index (Phi) is 4.25. The number of nitro groups is 1. The molecule has 0 amide bonds. The number of hydrogen-bond donors (Lipinski definition) is 2. The minimum atomic E-state index is -0.900. The van der Waals surface area contributed by atoms with Gasteiger partial charge in [0.2, 0.25) is 5.78 Å². The Morgan fingerprint density at radius 1 is 1.35 bits per heavy atom. The molecule has 0 atom stereocenters. The maximum Gasteiger partial charge on any atom is 0.329 e. The van der Waals surface area contributed by atoms with E-state index < -0.39 is 28.6 Å². The molecule has 1 aromatic carbocycles. The van der Waals surface area contributed by atoms with E-state index in [4.69, 9.17) is 10.5 Å². The Hall–Kier alpha value is -3.43. The molecule has 1 heterocycles. The average Bonchev–Trinajstić information content (AvgIpc) is 2.51. The molecule has 0 aliphatic rings. The van der Waals surface area contributed by atoms with Gasteiger partial charge < -0.3 is 10.5 Å². The summed E-state index contributed by atoms with van der Waals surface area (Å²) < 4.78 is 6.10. The van der Waals surface area contributed by atoms with Crippen molar-refractivity contribution in [2.45, 2.75) is 0 Å². The SMILES string of the molecule is Cn1c(N)c(C(=O)COc2ccc([N+](=O)[O-])cc2)c(=O)[nH]c1=O. The van der Waals surface area contributed by atoms with Gasteiger partial charge in [-0.3, -0.25) is 29.3 Å². The van der Waals surface area contributed by atoms with E-state index in [0.29, 0.717) is 0 Å². The molecule has 0 spiro atoms. The maximum atomic E-state index is 12.0. The molecule has 23 heavy (non-hydrogen) atoms. The van der Waals surface area contributed by atoms with Crippen LogP contribution in [0, 0.1) is 10.1 Å². The Balaban J connectivity index is 2.17. The van der Waals surface area contributed by atoms with Crippen LogP contribution in [0.25, 0.3) is 0 Å². The van der Waals surface area contributed by atoms with Crippen LogP contribution in [0.5, 0.6) is 5.75 Å². The van der Waals surface area contributed by atoms with Crippen LogP contribution >= 0.6 is 0 Å². The molecule has 0 aliphatic carbocycles. The van der Waals surface area contributed by atoms with Crippen LogP contribution in [0.2, 0.25) is 0 Å². The molecule has 0 aliphatic heterocycles. The highest BCUT2D eigenvalue weighted by molar-refractivity contribution is 6.00. The number of nitrogens with one attached hydrogen (secondary N) is 1. The monoisotopic (exact) mass is 320 g/mol. The van der Waals surface area contributed by atoms with E-state index in [1.807, 2.05) is 4.98 Å². The molecule has 2 aromatic rings. The van der Waals surface area contributed by atoms with Crippen molar-refractivity contribution >= 4 is 17.3 Å². The summed E-state index contributed by atoms with van der Waals surface area (Å²) in [6.07, 6.45) is 0. The maximum absolute atomic E-state index is 12.0. The van der Waals surface area contributed by atoms with Gasteiger partial charge in [0.25, 0.3) is 11.2 Å². The van der Waals surface area contributed by atoms with Gasteiger partial charge in [-0.05, 0) is 12.1 Å². The number of aromatic nitrogens is 2. The molecule has 0 fully saturated rings. The van der Waals surface area contributed by atoms with Crippen molar-refractivity contribution in [2.75, 3.05) is 12.3 Å². The standard InChI is InChI=1S/C13H12N4O6/c1-16-11(14)10(12(19)15-13(16)20)9(18)6-23-8-4-2-7(3-5-8)17(21)22/h2-5H,6,14H2,1H3,(H,15,19,20). The van der Waals surface area contributed by atoms with E-state index in [-0.39, 0.29) is 22.8 Å². The highest BCUT2D eigenvalue weighted by Crippen LogP contribution is 2.17. The van der Waals surface area contributed by atoms with E-state index in [1.54, 1.807) is 0 Å².